The first-order valence-electron chi connectivity index (χ1n) is 10.3. The van der Waals surface area contributed by atoms with Gasteiger partial charge in [0.2, 0.25) is 5.43 Å². The Morgan fingerprint density at radius 1 is 1.06 bits per heavy atom. The van der Waals surface area contributed by atoms with Gasteiger partial charge < -0.3 is 19.7 Å². The van der Waals surface area contributed by atoms with Crippen molar-refractivity contribution >= 4 is 11.8 Å². The molecule has 0 aliphatic heterocycles. The maximum atomic E-state index is 12.8. The molecular formula is C23H26N4O4. The molecule has 0 fully saturated rings. The van der Waals surface area contributed by atoms with Crippen LogP contribution in [-0.4, -0.2) is 28.1 Å². The molecule has 0 unspecified atom stereocenters. The van der Waals surface area contributed by atoms with E-state index in [4.69, 9.17) is 4.52 Å². The first-order valence-corrected chi connectivity index (χ1v) is 10.3. The van der Waals surface area contributed by atoms with E-state index in [1.54, 1.807) is 17.6 Å². The van der Waals surface area contributed by atoms with Crippen molar-refractivity contribution < 1.29 is 14.1 Å². The normalized spacial score (nSPS) is 11.7. The molecule has 0 saturated carbocycles. The summed E-state index contributed by atoms with van der Waals surface area (Å²) in [7, 11) is 0. The van der Waals surface area contributed by atoms with Crippen molar-refractivity contribution in [1.82, 2.24) is 20.4 Å². The molecule has 0 spiro atoms. The second kappa shape index (κ2) is 9.88. The zero-order chi connectivity index (χ0) is 22.4. The number of carbonyl (C=O) groups excluding carboxylic acids is 2. The van der Waals surface area contributed by atoms with Gasteiger partial charge in [0, 0.05) is 36.6 Å². The van der Waals surface area contributed by atoms with E-state index in [9.17, 15) is 14.4 Å². The first kappa shape index (κ1) is 22.0. The van der Waals surface area contributed by atoms with Gasteiger partial charge in [0.25, 0.3) is 11.8 Å². The summed E-state index contributed by atoms with van der Waals surface area (Å²) < 4.78 is 7.06. The van der Waals surface area contributed by atoms with Gasteiger partial charge in [-0.3, -0.25) is 14.4 Å². The maximum Gasteiger partial charge on any atom is 0.257 e. The average Bonchev–Trinajstić information content (AvgIpc) is 3.27. The van der Waals surface area contributed by atoms with Crippen molar-refractivity contribution in [2.75, 3.05) is 6.54 Å². The molecule has 0 radical (unpaired) electrons. The summed E-state index contributed by atoms with van der Waals surface area (Å²) >= 11 is 0. The van der Waals surface area contributed by atoms with Gasteiger partial charge >= 0.3 is 0 Å². The van der Waals surface area contributed by atoms with Crippen LogP contribution in [0.25, 0.3) is 11.3 Å². The number of aromatic nitrogens is 2. The van der Waals surface area contributed by atoms with Gasteiger partial charge in [-0.15, -0.1) is 0 Å². The largest absolute Gasteiger partial charge is 0.356 e. The summed E-state index contributed by atoms with van der Waals surface area (Å²) in [4.78, 5) is 38.0. The van der Waals surface area contributed by atoms with Crippen molar-refractivity contribution in [3.63, 3.8) is 0 Å². The van der Waals surface area contributed by atoms with Gasteiger partial charge in [-0.25, -0.2) is 0 Å². The molecule has 0 aliphatic rings. The number of rotatable bonds is 8. The van der Waals surface area contributed by atoms with Gasteiger partial charge in [0.1, 0.15) is 16.8 Å². The number of benzene rings is 1. The fourth-order valence-corrected chi connectivity index (χ4v) is 3.04. The van der Waals surface area contributed by atoms with Crippen molar-refractivity contribution in [3.8, 4) is 11.3 Å². The molecule has 2 N–H and O–H groups in total. The third-order valence-corrected chi connectivity index (χ3v) is 5.02. The van der Waals surface area contributed by atoms with Crippen molar-refractivity contribution in [2.24, 2.45) is 0 Å². The number of nitrogens with zero attached hydrogens (tertiary/aromatic N) is 2. The summed E-state index contributed by atoms with van der Waals surface area (Å²) in [5.74, 6) is -0.483. The van der Waals surface area contributed by atoms with E-state index in [1.807, 2.05) is 44.2 Å². The van der Waals surface area contributed by atoms with Crippen LogP contribution in [0, 0.1) is 0 Å². The molecule has 8 nitrogen and oxygen atoms in total. The van der Waals surface area contributed by atoms with Gasteiger partial charge in [-0.1, -0.05) is 42.4 Å². The highest BCUT2D eigenvalue weighted by Crippen LogP contribution is 2.19. The fraction of sp³-hybridized carbons (Fsp3) is 0.304. The minimum atomic E-state index is -0.604. The van der Waals surface area contributed by atoms with E-state index < -0.39 is 17.2 Å². The van der Waals surface area contributed by atoms with Crippen molar-refractivity contribution in [1.29, 1.82) is 0 Å². The molecule has 31 heavy (non-hydrogen) atoms. The molecule has 3 aromatic rings. The third-order valence-electron chi connectivity index (χ3n) is 5.02. The van der Waals surface area contributed by atoms with Gasteiger partial charge in [-0.2, -0.15) is 0 Å². The van der Waals surface area contributed by atoms with Crippen LogP contribution in [0.5, 0.6) is 0 Å². The summed E-state index contributed by atoms with van der Waals surface area (Å²) in [6, 6.07) is 11.2. The van der Waals surface area contributed by atoms with Crippen LogP contribution in [-0.2, 0) is 6.54 Å². The lowest BCUT2D eigenvalue weighted by atomic mass is 10.1. The van der Waals surface area contributed by atoms with Crippen LogP contribution in [0.4, 0.5) is 0 Å². The maximum absolute atomic E-state index is 12.8. The number of hydrogen-bond acceptors (Lipinski definition) is 5. The molecule has 2 amide bonds. The monoisotopic (exact) mass is 422 g/mol. The topological polar surface area (TPSA) is 106 Å². The smallest absolute Gasteiger partial charge is 0.257 e. The Morgan fingerprint density at radius 2 is 1.71 bits per heavy atom. The van der Waals surface area contributed by atoms with Crippen LogP contribution in [0.15, 0.2) is 58.1 Å². The zero-order valence-electron chi connectivity index (χ0n) is 17.8. The van der Waals surface area contributed by atoms with E-state index in [0.717, 1.165) is 12.0 Å². The highest BCUT2D eigenvalue weighted by molar-refractivity contribution is 5.99. The Bertz CT molecular complexity index is 1120. The van der Waals surface area contributed by atoms with Gasteiger partial charge in [0.15, 0.2) is 5.76 Å². The van der Waals surface area contributed by atoms with Crippen LogP contribution in [0.2, 0.25) is 0 Å². The van der Waals surface area contributed by atoms with Crippen molar-refractivity contribution in [2.45, 2.75) is 39.8 Å². The number of hydrogen-bond donors (Lipinski definition) is 2. The van der Waals surface area contributed by atoms with E-state index in [-0.39, 0.29) is 23.7 Å². The molecule has 8 heteroatoms. The lowest BCUT2D eigenvalue weighted by molar-refractivity contribution is 0.0947. The van der Waals surface area contributed by atoms with Crippen LogP contribution >= 0.6 is 0 Å². The highest BCUT2D eigenvalue weighted by Gasteiger charge is 2.20. The molecule has 0 aliphatic carbocycles. The summed E-state index contributed by atoms with van der Waals surface area (Å²) in [6.07, 6.45) is 3.77. The second-order valence-corrected chi connectivity index (χ2v) is 7.21. The summed E-state index contributed by atoms with van der Waals surface area (Å²) in [6.45, 7) is 6.18. The van der Waals surface area contributed by atoms with Crippen LogP contribution in [0.1, 0.15) is 59.6 Å². The predicted octanol–water partition coefficient (Wildman–Crippen LogP) is 3.15. The molecule has 0 bridgehead atoms. The first-order chi connectivity index (χ1) is 14.9. The Hall–Kier alpha value is -3.68. The van der Waals surface area contributed by atoms with Gasteiger partial charge in [-0.05, 0) is 20.3 Å². The van der Waals surface area contributed by atoms with E-state index >= 15 is 0 Å². The molecule has 3 rings (SSSR count). The Kier molecular flexibility index (Phi) is 7.02. The zero-order valence-corrected chi connectivity index (χ0v) is 17.8. The van der Waals surface area contributed by atoms with Crippen LogP contribution < -0.4 is 16.1 Å². The summed E-state index contributed by atoms with van der Waals surface area (Å²) in [5, 5.41) is 9.29. The minimum absolute atomic E-state index is 0.0179. The van der Waals surface area contributed by atoms with E-state index in [1.165, 1.54) is 12.4 Å². The minimum Gasteiger partial charge on any atom is -0.356 e. The SMILES string of the molecule is CCNC(=O)c1cn([C@@H](C)CC)cc(C(=O)NCc2cc(-c3ccccc3)on2)c1=O. The van der Waals surface area contributed by atoms with Gasteiger partial charge in [0.05, 0.1) is 6.54 Å². The second-order valence-electron chi connectivity index (χ2n) is 7.21. The highest BCUT2D eigenvalue weighted by atomic mass is 16.5. The quantitative estimate of drug-likeness (QED) is 0.580. The predicted molar refractivity (Wildman–Crippen MR) is 117 cm³/mol. The Morgan fingerprint density at radius 3 is 2.32 bits per heavy atom. The lowest BCUT2D eigenvalue weighted by Gasteiger charge is -2.17. The number of pyridine rings is 1. The lowest BCUT2D eigenvalue weighted by Crippen LogP contribution is -2.35. The average molecular weight is 422 g/mol. The van der Waals surface area contributed by atoms with Crippen LogP contribution in [0.3, 0.4) is 0 Å². The Labute approximate surface area is 180 Å². The number of carbonyl (C=O) groups is 2. The standard InChI is InChI=1S/C23H26N4O4/c1-4-15(3)27-13-18(22(29)24-5-2)21(28)19(14-27)23(30)25-12-17-11-20(31-26-17)16-9-7-6-8-10-16/h6-11,13-15H,4-5,12H2,1-3H3,(H,24,29)(H,25,30)/t15-/m0/s1. The molecule has 2 aromatic heterocycles. The molecule has 1 aromatic carbocycles. The number of amides is 2. The molecular weight excluding hydrogens is 396 g/mol. The third kappa shape index (κ3) is 5.09. The molecule has 162 valence electrons. The Balaban J connectivity index is 1.82. The van der Waals surface area contributed by atoms with Crippen molar-refractivity contribution in [3.05, 3.63) is 75.8 Å². The molecule has 1 atom stereocenters. The fourth-order valence-electron chi connectivity index (χ4n) is 3.04. The molecule has 0 saturated heterocycles. The molecule has 2 heterocycles. The van der Waals surface area contributed by atoms with E-state index in [2.05, 4.69) is 15.8 Å². The number of nitrogens with one attached hydrogen (secondary N) is 2. The van der Waals surface area contributed by atoms with E-state index in [0.29, 0.717) is 18.0 Å². The summed E-state index contributed by atoms with van der Waals surface area (Å²) in [5.41, 5.74) is 0.652.